The number of ether oxygens (including phenoxy) is 1. The van der Waals surface area contributed by atoms with E-state index in [2.05, 4.69) is 5.32 Å². The van der Waals surface area contributed by atoms with E-state index in [4.69, 9.17) is 15.4 Å². The van der Waals surface area contributed by atoms with Gasteiger partial charge >= 0.3 is 0 Å². The third-order valence-electron chi connectivity index (χ3n) is 2.44. The molecule has 1 N–H and O–H groups in total. The fourth-order valence-electron chi connectivity index (χ4n) is 1.52. The van der Waals surface area contributed by atoms with Crippen molar-refractivity contribution in [3.8, 4) is 5.75 Å². The van der Waals surface area contributed by atoms with Crippen LogP contribution in [0.3, 0.4) is 0 Å². The fraction of sp³-hybridized carbons (Fsp3) is 0.417. The summed E-state index contributed by atoms with van der Waals surface area (Å²) < 4.78 is 39.1. The minimum absolute atomic E-state index is 0.0960. The van der Waals surface area contributed by atoms with Gasteiger partial charge in [-0.05, 0) is 25.1 Å². The van der Waals surface area contributed by atoms with Gasteiger partial charge < -0.3 is 10.1 Å². The first-order chi connectivity index (χ1) is 9.75. The summed E-state index contributed by atoms with van der Waals surface area (Å²) in [6.45, 7) is 2.21. The van der Waals surface area contributed by atoms with E-state index < -0.39 is 25.8 Å². The van der Waals surface area contributed by atoms with Crippen molar-refractivity contribution < 1.29 is 22.2 Å². The predicted octanol–water partition coefficient (Wildman–Crippen LogP) is 1.12. The summed E-state index contributed by atoms with van der Waals surface area (Å²) in [7, 11) is 0.300. The number of carbonyl (C=O) groups excluding carboxylic acids is 1. The molecule has 21 heavy (non-hydrogen) atoms. The summed E-state index contributed by atoms with van der Waals surface area (Å²) in [5.41, 5.74) is 0.138. The number of carbonyl (C=O) groups is 1. The third-order valence-corrected chi connectivity index (χ3v) is 4.57. The minimum atomic E-state index is -4.03. The Bertz CT molecular complexity index is 645. The maximum atomic E-state index is 11.9. The van der Waals surface area contributed by atoms with Gasteiger partial charge in [-0.2, -0.15) is 0 Å². The van der Waals surface area contributed by atoms with Crippen molar-refractivity contribution in [1.82, 2.24) is 5.32 Å². The van der Waals surface area contributed by atoms with Crippen molar-refractivity contribution in [1.29, 1.82) is 0 Å². The molecule has 1 unspecified atom stereocenters. The van der Waals surface area contributed by atoms with Crippen molar-refractivity contribution in [3.05, 3.63) is 23.8 Å². The van der Waals surface area contributed by atoms with Crippen LogP contribution in [0.5, 0.6) is 5.75 Å². The Morgan fingerprint density at radius 1 is 1.43 bits per heavy atom. The van der Waals surface area contributed by atoms with E-state index in [1.165, 1.54) is 18.4 Å². The number of amides is 1. The molecule has 1 aromatic rings. The summed E-state index contributed by atoms with van der Waals surface area (Å²) in [4.78, 5) is 11.6. The lowest BCUT2D eigenvalue weighted by Gasteiger charge is -2.10. The summed E-state index contributed by atoms with van der Waals surface area (Å²) in [6, 6.07) is 3.98. The Kier molecular flexibility index (Phi) is 6.63. The molecule has 1 amide bonds. The molecule has 1 aromatic carbocycles. The van der Waals surface area contributed by atoms with Crippen LogP contribution in [-0.4, -0.2) is 43.7 Å². The molecule has 0 spiro atoms. The molecule has 0 aliphatic carbocycles. The molecule has 0 aromatic heterocycles. The van der Waals surface area contributed by atoms with Crippen LogP contribution >= 0.6 is 10.7 Å². The smallest absolute Gasteiger partial charge is 0.265 e. The summed E-state index contributed by atoms with van der Waals surface area (Å²) in [6.07, 6.45) is 1.53. The first-order valence-electron chi connectivity index (χ1n) is 6.05. The Morgan fingerprint density at radius 2 is 2.10 bits per heavy atom. The average Bonchev–Trinajstić information content (AvgIpc) is 2.37. The van der Waals surface area contributed by atoms with Gasteiger partial charge in [0.05, 0.1) is 6.61 Å². The molecule has 0 aliphatic heterocycles. The van der Waals surface area contributed by atoms with E-state index in [9.17, 15) is 17.4 Å². The van der Waals surface area contributed by atoms with Crippen LogP contribution in [-0.2, 0) is 19.9 Å². The highest BCUT2D eigenvalue weighted by atomic mass is 35.7. The zero-order chi connectivity index (χ0) is 16.0. The normalized spacial score (nSPS) is 12.7. The van der Waals surface area contributed by atoms with Gasteiger partial charge in [0.15, 0.2) is 0 Å². The van der Waals surface area contributed by atoms with Gasteiger partial charge in [0.2, 0.25) is 0 Å². The second kappa shape index (κ2) is 7.77. The fourth-order valence-corrected chi connectivity index (χ4v) is 2.91. The summed E-state index contributed by atoms with van der Waals surface area (Å²) in [5.74, 6) is -0.0487. The zero-order valence-corrected chi connectivity index (χ0v) is 14.0. The largest absolute Gasteiger partial charge is 0.492 e. The number of benzene rings is 1. The van der Waals surface area contributed by atoms with Crippen LogP contribution in [0, 0.1) is 0 Å². The number of rotatable bonds is 7. The number of nitrogens with one attached hydrogen (secondary N) is 1. The Labute approximate surface area is 130 Å². The highest BCUT2D eigenvalue weighted by Crippen LogP contribution is 2.28. The highest BCUT2D eigenvalue weighted by molar-refractivity contribution is 8.13. The van der Waals surface area contributed by atoms with E-state index in [1.807, 2.05) is 0 Å². The molecular formula is C12H16ClNO5S2. The molecule has 0 radical (unpaired) electrons. The molecule has 0 aliphatic rings. The Balaban J connectivity index is 2.99. The number of hydrogen-bond donors (Lipinski definition) is 1. The molecule has 9 heteroatoms. The molecule has 1 rings (SSSR count). The molecule has 0 bridgehead atoms. The molecule has 0 fully saturated rings. The van der Waals surface area contributed by atoms with Crippen molar-refractivity contribution in [3.63, 3.8) is 0 Å². The molecule has 0 saturated heterocycles. The van der Waals surface area contributed by atoms with Crippen molar-refractivity contribution in [2.75, 3.05) is 25.2 Å². The molecule has 0 heterocycles. The lowest BCUT2D eigenvalue weighted by atomic mass is 10.2. The maximum Gasteiger partial charge on any atom is 0.265 e. The van der Waals surface area contributed by atoms with E-state index in [0.29, 0.717) is 5.75 Å². The molecular weight excluding hydrogens is 338 g/mol. The van der Waals surface area contributed by atoms with Crippen molar-refractivity contribution >= 4 is 36.4 Å². The summed E-state index contributed by atoms with van der Waals surface area (Å²) >= 11 is 0. The number of halogens is 1. The van der Waals surface area contributed by atoms with Crippen LogP contribution in [0.25, 0.3) is 0 Å². The van der Waals surface area contributed by atoms with E-state index in [0.717, 1.165) is 6.07 Å². The third kappa shape index (κ3) is 5.64. The second-order valence-electron chi connectivity index (χ2n) is 4.07. The lowest BCUT2D eigenvalue weighted by Crippen LogP contribution is -2.27. The van der Waals surface area contributed by atoms with Gasteiger partial charge in [-0.25, -0.2) is 8.42 Å². The topological polar surface area (TPSA) is 89.5 Å². The predicted molar refractivity (Wildman–Crippen MR) is 81.9 cm³/mol. The number of hydrogen-bond acceptors (Lipinski definition) is 5. The van der Waals surface area contributed by atoms with Crippen molar-refractivity contribution in [2.45, 2.75) is 11.8 Å². The van der Waals surface area contributed by atoms with Gasteiger partial charge in [0.25, 0.3) is 15.0 Å². The molecule has 1 atom stereocenters. The Hall–Kier alpha value is -1.12. The lowest BCUT2D eigenvalue weighted by molar-refractivity contribution is 0.0956. The van der Waals surface area contributed by atoms with Gasteiger partial charge in [-0.15, -0.1) is 0 Å². The van der Waals surface area contributed by atoms with Gasteiger partial charge in [-0.3, -0.25) is 9.00 Å². The SMILES string of the molecule is CCOc1ccc(C(=O)NCCS(C)=O)cc1S(=O)(=O)Cl. The standard InChI is InChI=1S/C12H16ClNO5S2/c1-3-19-10-5-4-9(8-11(10)21(13,17)18)12(15)14-6-7-20(2)16/h4-5,8H,3,6-7H2,1-2H3,(H,14,15). The van der Waals surface area contributed by atoms with Crippen LogP contribution in [0.1, 0.15) is 17.3 Å². The first kappa shape index (κ1) is 17.9. The first-order valence-corrected chi connectivity index (χ1v) is 10.1. The van der Waals surface area contributed by atoms with E-state index in [-0.39, 0.29) is 29.4 Å². The quantitative estimate of drug-likeness (QED) is 0.742. The summed E-state index contributed by atoms with van der Waals surface area (Å²) in [5, 5.41) is 2.55. The van der Waals surface area contributed by atoms with E-state index >= 15 is 0 Å². The second-order valence-corrected chi connectivity index (χ2v) is 8.15. The van der Waals surface area contributed by atoms with Crippen LogP contribution in [0.4, 0.5) is 0 Å². The van der Waals surface area contributed by atoms with Gasteiger partial charge in [0, 0.05) is 45.6 Å². The van der Waals surface area contributed by atoms with E-state index in [1.54, 1.807) is 6.92 Å². The van der Waals surface area contributed by atoms with Crippen molar-refractivity contribution in [2.24, 2.45) is 0 Å². The van der Waals surface area contributed by atoms with Crippen LogP contribution in [0.15, 0.2) is 23.1 Å². The van der Waals surface area contributed by atoms with Gasteiger partial charge in [0.1, 0.15) is 10.6 Å². The molecule has 6 nitrogen and oxygen atoms in total. The van der Waals surface area contributed by atoms with Crippen LogP contribution < -0.4 is 10.1 Å². The zero-order valence-electron chi connectivity index (χ0n) is 11.6. The molecule has 0 saturated carbocycles. The van der Waals surface area contributed by atoms with Gasteiger partial charge in [-0.1, -0.05) is 0 Å². The maximum absolute atomic E-state index is 11.9. The highest BCUT2D eigenvalue weighted by Gasteiger charge is 2.19. The monoisotopic (exact) mass is 353 g/mol. The molecule has 118 valence electrons. The Morgan fingerprint density at radius 3 is 2.62 bits per heavy atom. The minimum Gasteiger partial charge on any atom is -0.492 e. The average molecular weight is 354 g/mol. The van der Waals surface area contributed by atoms with Crippen LogP contribution in [0.2, 0.25) is 0 Å².